The highest BCUT2D eigenvalue weighted by Crippen LogP contribution is 2.39. The van der Waals surface area contributed by atoms with E-state index in [9.17, 15) is 10.1 Å². The van der Waals surface area contributed by atoms with Crippen LogP contribution in [-0.4, -0.2) is 68.0 Å². The molecule has 0 spiro atoms. The third-order valence-electron chi connectivity index (χ3n) is 6.19. The lowest BCUT2D eigenvalue weighted by atomic mass is 9.77. The quantitative estimate of drug-likeness (QED) is 0.432. The second-order valence-corrected chi connectivity index (χ2v) is 8.35. The average Bonchev–Trinajstić information content (AvgIpc) is 2.87. The fraction of sp³-hybridized carbons (Fsp3) is 0.684. The molecule has 0 atom stereocenters. The number of hydrogen-bond donors (Lipinski definition) is 0. The molecule has 154 valence electrons. The molecular formula is C19H30BN3O5. The molecule has 8 nitrogen and oxygen atoms in total. The van der Waals surface area contributed by atoms with Crippen LogP contribution in [0.15, 0.2) is 12.1 Å². The van der Waals surface area contributed by atoms with Gasteiger partial charge in [-0.2, -0.15) is 0 Å². The number of methoxy groups -OCH3 is 1. The van der Waals surface area contributed by atoms with Crippen LogP contribution in [0.2, 0.25) is 0 Å². The monoisotopic (exact) mass is 391 g/mol. The van der Waals surface area contributed by atoms with Crippen LogP contribution in [-0.2, 0) is 9.31 Å². The van der Waals surface area contributed by atoms with Crippen LogP contribution in [0.3, 0.4) is 0 Å². The van der Waals surface area contributed by atoms with Crippen molar-refractivity contribution >= 4 is 24.0 Å². The van der Waals surface area contributed by atoms with E-state index in [1.165, 1.54) is 0 Å². The molecule has 2 aliphatic rings. The molecule has 0 radical (unpaired) electrons. The maximum Gasteiger partial charge on any atom is 0.498 e. The molecule has 0 aliphatic carbocycles. The molecule has 0 unspecified atom stereocenters. The lowest BCUT2D eigenvalue weighted by molar-refractivity contribution is -0.384. The number of nitro groups is 1. The molecule has 3 rings (SSSR count). The first-order valence-electron chi connectivity index (χ1n) is 9.79. The van der Waals surface area contributed by atoms with Crippen molar-refractivity contribution in [1.82, 2.24) is 4.90 Å². The van der Waals surface area contributed by atoms with Crippen LogP contribution in [0.5, 0.6) is 5.75 Å². The zero-order valence-electron chi connectivity index (χ0n) is 17.7. The van der Waals surface area contributed by atoms with Gasteiger partial charge in [-0.15, -0.1) is 0 Å². The number of nitro benzene ring substituents is 1. The van der Waals surface area contributed by atoms with Crippen LogP contribution in [0.1, 0.15) is 34.6 Å². The predicted octanol–water partition coefficient (Wildman–Crippen LogP) is 2.04. The highest BCUT2D eigenvalue weighted by Gasteiger charge is 2.53. The Balaban J connectivity index is 1.98. The summed E-state index contributed by atoms with van der Waals surface area (Å²) in [6.45, 7) is 14.2. The fourth-order valence-electron chi connectivity index (χ4n) is 3.61. The Morgan fingerprint density at radius 3 is 2.18 bits per heavy atom. The van der Waals surface area contributed by atoms with E-state index in [4.69, 9.17) is 14.0 Å². The van der Waals surface area contributed by atoms with Gasteiger partial charge in [0.05, 0.1) is 23.2 Å². The van der Waals surface area contributed by atoms with Crippen LogP contribution in [0.4, 0.5) is 11.4 Å². The fourth-order valence-corrected chi connectivity index (χ4v) is 3.61. The first-order valence-corrected chi connectivity index (χ1v) is 9.79. The number of rotatable bonds is 5. The predicted molar refractivity (Wildman–Crippen MR) is 110 cm³/mol. The summed E-state index contributed by atoms with van der Waals surface area (Å²) in [4.78, 5) is 15.9. The first-order chi connectivity index (χ1) is 13.1. The van der Waals surface area contributed by atoms with Crippen molar-refractivity contribution in [3.8, 4) is 5.75 Å². The molecule has 28 heavy (non-hydrogen) atoms. The van der Waals surface area contributed by atoms with Crippen LogP contribution in [0, 0.1) is 10.1 Å². The summed E-state index contributed by atoms with van der Waals surface area (Å²) in [5.74, 6) is 0.539. The molecule has 0 bridgehead atoms. The Kier molecular flexibility index (Phi) is 5.62. The van der Waals surface area contributed by atoms with Gasteiger partial charge in [-0.3, -0.25) is 10.1 Å². The van der Waals surface area contributed by atoms with E-state index in [2.05, 4.69) is 16.7 Å². The van der Waals surface area contributed by atoms with Gasteiger partial charge in [0.15, 0.2) is 0 Å². The smallest absolute Gasteiger partial charge is 0.497 e. The average molecular weight is 391 g/mol. The second kappa shape index (κ2) is 7.53. The van der Waals surface area contributed by atoms with Crippen LogP contribution < -0.4 is 15.1 Å². The summed E-state index contributed by atoms with van der Waals surface area (Å²) >= 11 is 0. The van der Waals surface area contributed by atoms with Crippen molar-refractivity contribution in [3.05, 3.63) is 22.2 Å². The van der Waals surface area contributed by atoms with Crippen LogP contribution in [0.25, 0.3) is 0 Å². The number of benzene rings is 1. The summed E-state index contributed by atoms with van der Waals surface area (Å²) in [6, 6.07) is 3.29. The van der Waals surface area contributed by atoms with Gasteiger partial charge in [-0.25, -0.2) is 0 Å². The Labute approximate surface area is 167 Å². The number of anilines is 1. The third-order valence-corrected chi connectivity index (χ3v) is 6.19. The van der Waals surface area contributed by atoms with Crippen molar-refractivity contribution in [2.24, 2.45) is 0 Å². The maximum absolute atomic E-state index is 11.9. The van der Waals surface area contributed by atoms with Crippen molar-refractivity contribution in [3.63, 3.8) is 0 Å². The Bertz CT molecular complexity index is 731. The summed E-state index contributed by atoms with van der Waals surface area (Å²) in [5, 5.41) is 11.9. The molecule has 0 amide bonds. The van der Waals surface area contributed by atoms with Crippen molar-refractivity contribution < 1.29 is 19.0 Å². The van der Waals surface area contributed by atoms with Crippen molar-refractivity contribution in [2.75, 3.05) is 44.7 Å². The second-order valence-electron chi connectivity index (χ2n) is 8.35. The molecule has 9 heteroatoms. The van der Waals surface area contributed by atoms with E-state index >= 15 is 0 Å². The molecule has 0 aromatic heterocycles. The van der Waals surface area contributed by atoms with Gasteiger partial charge < -0.3 is 23.8 Å². The highest BCUT2D eigenvalue weighted by atomic mass is 16.7. The Hall–Kier alpha value is -1.84. The topological polar surface area (TPSA) is 77.3 Å². The normalized spacial score (nSPS) is 21.8. The van der Waals surface area contributed by atoms with Crippen LogP contribution >= 0.6 is 0 Å². The lowest BCUT2D eigenvalue weighted by Gasteiger charge is -2.35. The summed E-state index contributed by atoms with van der Waals surface area (Å²) < 4.78 is 17.8. The minimum absolute atomic E-state index is 0.0514. The minimum Gasteiger partial charge on any atom is -0.497 e. The molecule has 0 N–H and O–H groups in total. The van der Waals surface area contributed by atoms with E-state index in [1.54, 1.807) is 19.2 Å². The molecule has 1 aromatic carbocycles. The number of piperazine rings is 1. The first kappa shape index (κ1) is 20.9. The molecule has 1 aromatic rings. The van der Waals surface area contributed by atoms with E-state index in [-0.39, 0.29) is 10.6 Å². The maximum atomic E-state index is 11.9. The van der Waals surface area contributed by atoms with Gasteiger partial charge in [0.1, 0.15) is 11.4 Å². The zero-order valence-corrected chi connectivity index (χ0v) is 17.7. The van der Waals surface area contributed by atoms with Gasteiger partial charge in [0.25, 0.3) is 5.69 Å². The van der Waals surface area contributed by atoms with Gasteiger partial charge in [-0.1, -0.05) is 6.92 Å². The van der Waals surface area contributed by atoms with Crippen molar-refractivity contribution in [2.45, 2.75) is 45.8 Å². The minimum atomic E-state index is -0.718. The Morgan fingerprint density at radius 2 is 1.71 bits per heavy atom. The van der Waals surface area contributed by atoms with E-state index in [0.29, 0.717) is 16.9 Å². The number of hydrogen-bond acceptors (Lipinski definition) is 7. The largest absolute Gasteiger partial charge is 0.498 e. The lowest BCUT2D eigenvalue weighted by Crippen LogP contribution is -2.46. The molecule has 2 saturated heterocycles. The molecule has 2 fully saturated rings. The van der Waals surface area contributed by atoms with E-state index in [1.807, 2.05) is 27.7 Å². The highest BCUT2D eigenvalue weighted by molar-refractivity contribution is 6.63. The molecule has 0 saturated carbocycles. The summed E-state index contributed by atoms with van der Waals surface area (Å²) in [7, 11) is 0.846. The van der Waals surface area contributed by atoms with E-state index < -0.39 is 18.3 Å². The standard InChI is InChI=1S/C19H30BN3O5/c1-7-21-8-10-22(11-9-21)15-13-17(26-6)14(12-16(15)23(24)25)20-27-18(2,3)19(4,5)28-20/h12-13H,7-11H2,1-6H3. The molecular weight excluding hydrogens is 361 g/mol. The molecule has 2 heterocycles. The summed E-state index contributed by atoms with van der Waals surface area (Å²) in [6.07, 6.45) is 0. The zero-order chi connectivity index (χ0) is 20.7. The van der Waals surface area contributed by atoms with Gasteiger partial charge in [0.2, 0.25) is 0 Å². The number of nitrogens with zero attached hydrogens (tertiary/aromatic N) is 3. The van der Waals surface area contributed by atoms with Gasteiger partial charge in [-0.05, 0) is 34.2 Å². The summed E-state index contributed by atoms with van der Waals surface area (Å²) in [5.41, 5.74) is 0.108. The van der Waals surface area contributed by atoms with Gasteiger partial charge >= 0.3 is 7.12 Å². The van der Waals surface area contributed by atoms with E-state index in [0.717, 1.165) is 32.7 Å². The number of likely N-dealkylation sites (N-methyl/N-ethyl adjacent to an activating group) is 1. The van der Waals surface area contributed by atoms with Crippen molar-refractivity contribution in [1.29, 1.82) is 0 Å². The third kappa shape index (κ3) is 3.70. The SMILES string of the molecule is CCN1CCN(c2cc(OC)c(B3OC(C)(C)C(C)(C)O3)cc2[N+](=O)[O-])CC1. The number of ether oxygens (including phenoxy) is 1. The molecule has 2 aliphatic heterocycles. The van der Waals surface area contributed by atoms with Gasteiger partial charge in [0, 0.05) is 43.8 Å². The Morgan fingerprint density at radius 1 is 1.14 bits per heavy atom.